The van der Waals surface area contributed by atoms with E-state index >= 15 is 0 Å². The summed E-state index contributed by atoms with van der Waals surface area (Å²) in [6.45, 7) is 33.3. The van der Waals surface area contributed by atoms with E-state index in [4.69, 9.17) is 8.83 Å². The largest absolute Gasteiger partial charge is 0.468 e. The standard InChI is InChI=1S/C68H71BN2O2/c1-63(2,3)41-22-25-43(26-23-41)70-53-29-24-42(64(4,5)6)36-52(53)69-60-54(70)34-40(45-19-17-21-57-59(45)46-18-15-16-20-56(46)72-57)35-55(60)71(44-27-28-48-49(37-44)66(9,10)31-30-65(48,7)8)61-47-38-50-51(39-58(47)73-62(61)69)68(13,14)33-32-67(50,11)12/h15-29,34-39H,30-33H2,1-14H3. The molecule has 0 saturated heterocycles. The van der Waals surface area contributed by atoms with Crippen molar-refractivity contribution in [2.24, 2.45) is 0 Å². The molecule has 7 aromatic carbocycles. The Morgan fingerprint density at radius 1 is 0.452 bits per heavy atom. The van der Waals surface area contributed by atoms with Crippen molar-refractivity contribution in [3.05, 3.63) is 161 Å². The fraction of sp³-hybridized carbons (Fsp3) is 0.353. The lowest BCUT2D eigenvalue weighted by Crippen LogP contribution is -2.61. The molecule has 4 nitrogen and oxygen atoms in total. The first-order valence-electron chi connectivity index (χ1n) is 27.1. The summed E-state index contributed by atoms with van der Waals surface area (Å²) in [7, 11) is 0. The summed E-state index contributed by atoms with van der Waals surface area (Å²) in [5.74, 6) is 0. The Balaban J connectivity index is 1.20. The van der Waals surface area contributed by atoms with Gasteiger partial charge in [-0.2, -0.15) is 0 Å². The number of benzene rings is 7. The number of fused-ring (bicyclic) bond motifs is 11. The molecule has 4 heterocycles. The van der Waals surface area contributed by atoms with Gasteiger partial charge >= 0.3 is 0 Å². The minimum absolute atomic E-state index is 0.00668. The Labute approximate surface area is 433 Å². The third-order valence-electron chi connectivity index (χ3n) is 18.3. The van der Waals surface area contributed by atoms with Gasteiger partial charge in [-0.3, -0.25) is 0 Å². The Kier molecular flexibility index (Phi) is 9.58. The summed E-state index contributed by atoms with van der Waals surface area (Å²) in [6.07, 6.45) is 4.58. The molecule has 0 spiro atoms. The van der Waals surface area contributed by atoms with Crippen molar-refractivity contribution < 1.29 is 8.83 Å². The summed E-state index contributed by atoms with van der Waals surface area (Å²) < 4.78 is 14.4. The molecule has 0 atom stereocenters. The zero-order chi connectivity index (χ0) is 51.1. The molecule has 0 bridgehead atoms. The molecular formula is C68H71BN2O2. The number of hydrogen-bond donors (Lipinski definition) is 0. The number of hydrogen-bond acceptors (Lipinski definition) is 4. The maximum atomic E-state index is 7.72. The highest BCUT2D eigenvalue weighted by molar-refractivity contribution is 7.00. The van der Waals surface area contributed by atoms with E-state index in [0.29, 0.717) is 0 Å². The van der Waals surface area contributed by atoms with Crippen LogP contribution in [0.3, 0.4) is 0 Å². The number of anilines is 6. The van der Waals surface area contributed by atoms with E-state index in [2.05, 4.69) is 234 Å². The number of nitrogens with zero attached hydrogens (tertiary/aromatic N) is 2. The van der Waals surface area contributed by atoms with Gasteiger partial charge in [0.2, 0.25) is 0 Å². The van der Waals surface area contributed by atoms with Gasteiger partial charge < -0.3 is 18.6 Å². The van der Waals surface area contributed by atoms with Crippen LogP contribution < -0.4 is 26.4 Å². The third-order valence-corrected chi connectivity index (χ3v) is 18.3. The molecule has 0 N–H and O–H groups in total. The fourth-order valence-electron chi connectivity index (χ4n) is 13.6. The van der Waals surface area contributed by atoms with Crippen LogP contribution in [0, 0.1) is 0 Å². The van der Waals surface area contributed by atoms with Crippen molar-refractivity contribution in [3.8, 4) is 11.1 Å². The highest BCUT2D eigenvalue weighted by Crippen LogP contribution is 2.54. The van der Waals surface area contributed by atoms with Crippen LogP contribution in [0.25, 0.3) is 44.0 Å². The molecule has 0 unspecified atom stereocenters. The summed E-state index contributed by atoms with van der Waals surface area (Å²) in [4.78, 5) is 5.20. The molecule has 0 fully saturated rings. The zero-order valence-corrected chi connectivity index (χ0v) is 45.7. The van der Waals surface area contributed by atoms with Crippen molar-refractivity contribution in [3.63, 3.8) is 0 Å². The first-order valence-corrected chi connectivity index (χ1v) is 27.1. The summed E-state index contributed by atoms with van der Waals surface area (Å²) in [5.41, 5.74) is 24.1. The van der Waals surface area contributed by atoms with Crippen molar-refractivity contribution in [1.82, 2.24) is 0 Å². The van der Waals surface area contributed by atoms with Crippen LogP contribution in [0.2, 0.25) is 0 Å². The van der Waals surface area contributed by atoms with Crippen molar-refractivity contribution in [1.29, 1.82) is 0 Å². The van der Waals surface area contributed by atoms with Gasteiger partial charge in [0.05, 0.1) is 11.3 Å². The molecule has 2 aromatic heterocycles. The summed E-state index contributed by atoms with van der Waals surface area (Å²) in [6, 6.07) is 49.2. The Hall–Kier alpha value is -6.46. The van der Waals surface area contributed by atoms with Crippen LogP contribution in [-0.2, 0) is 32.5 Å². The average molecular weight is 959 g/mol. The van der Waals surface area contributed by atoms with Crippen LogP contribution in [0.5, 0.6) is 0 Å². The van der Waals surface area contributed by atoms with E-state index in [-0.39, 0.29) is 39.2 Å². The smallest absolute Gasteiger partial charge is 0.297 e. The van der Waals surface area contributed by atoms with E-state index in [1.54, 1.807) is 0 Å². The van der Waals surface area contributed by atoms with Crippen LogP contribution in [0.1, 0.15) is 156 Å². The predicted molar refractivity (Wildman–Crippen MR) is 311 cm³/mol. The SMILES string of the molecule is CC(C)(C)c1ccc(N2c3ccc(C(C)(C)C)cc3B3c4oc5cc6c(cc5c4N(c4ccc5c(c4)C(C)(C)CCC5(C)C)c4cc(-c5cccc7oc8ccccc8c57)cc2c43)C(C)(C)CCC6(C)C)cc1. The maximum Gasteiger partial charge on any atom is 0.297 e. The topological polar surface area (TPSA) is 32.8 Å². The van der Waals surface area contributed by atoms with Gasteiger partial charge in [-0.15, -0.1) is 0 Å². The Morgan fingerprint density at radius 3 is 1.70 bits per heavy atom. The molecule has 13 rings (SSSR count). The normalized spacial score (nSPS) is 18.1. The van der Waals surface area contributed by atoms with Gasteiger partial charge in [-0.1, -0.05) is 158 Å². The molecule has 0 saturated carbocycles. The van der Waals surface area contributed by atoms with Gasteiger partial charge in [-0.05, 0) is 180 Å². The highest BCUT2D eigenvalue weighted by atomic mass is 16.3. The predicted octanol–water partition coefficient (Wildman–Crippen LogP) is 17.4. The van der Waals surface area contributed by atoms with E-state index < -0.39 is 0 Å². The molecule has 2 aliphatic carbocycles. The Morgan fingerprint density at radius 2 is 1.03 bits per heavy atom. The van der Waals surface area contributed by atoms with Crippen LogP contribution in [0.15, 0.2) is 136 Å². The minimum Gasteiger partial charge on any atom is -0.468 e. The molecule has 4 aliphatic rings. The first-order chi connectivity index (χ1) is 34.4. The van der Waals surface area contributed by atoms with Crippen molar-refractivity contribution >= 4 is 90.3 Å². The van der Waals surface area contributed by atoms with Crippen LogP contribution in [0.4, 0.5) is 34.1 Å². The van der Waals surface area contributed by atoms with Crippen LogP contribution in [-0.4, -0.2) is 6.71 Å². The molecule has 0 amide bonds. The molecule has 0 radical (unpaired) electrons. The van der Waals surface area contributed by atoms with Gasteiger partial charge in [0.15, 0.2) is 0 Å². The fourth-order valence-corrected chi connectivity index (χ4v) is 13.6. The maximum absolute atomic E-state index is 7.72. The molecule has 9 aromatic rings. The van der Waals surface area contributed by atoms with E-state index in [1.807, 2.05) is 0 Å². The second kappa shape index (κ2) is 15.1. The van der Waals surface area contributed by atoms with Crippen molar-refractivity contribution in [2.45, 2.75) is 155 Å². The first kappa shape index (κ1) is 46.3. The van der Waals surface area contributed by atoms with E-state index in [1.165, 1.54) is 72.4 Å². The molecule has 368 valence electrons. The lowest BCUT2D eigenvalue weighted by molar-refractivity contribution is 0.332. The number of rotatable bonds is 3. The quantitative estimate of drug-likeness (QED) is 0.165. The summed E-state index contributed by atoms with van der Waals surface area (Å²) in [5, 5.41) is 3.45. The van der Waals surface area contributed by atoms with Gasteiger partial charge in [0.1, 0.15) is 16.7 Å². The highest BCUT2D eigenvalue weighted by Gasteiger charge is 2.49. The number of para-hydroxylation sites is 1. The lowest BCUT2D eigenvalue weighted by atomic mass is 9.35. The minimum atomic E-state index is -0.184. The van der Waals surface area contributed by atoms with Gasteiger partial charge in [0, 0.05) is 44.6 Å². The third kappa shape index (κ3) is 6.85. The molecular weight excluding hydrogens is 888 g/mol. The molecule has 5 heteroatoms. The van der Waals surface area contributed by atoms with Crippen molar-refractivity contribution in [2.75, 3.05) is 9.80 Å². The molecule has 73 heavy (non-hydrogen) atoms. The van der Waals surface area contributed by atoms with Gasteiger partial charge in [0.25, 0.3) is 6.71 Å². The van der Waals surface area contributed by atoms with E-state index in [9.17, 15) is 0 Å². The second-order valence-corrected chi connectivity index (χ2v) is 27.1. The zero-order valence-electron chi connectivity index (χ0n) is 45.7. The van der Waals surface area contributed by atoms with Crippen LogP contribution >= 0.6 is 0 Å². The lowest BCUT2D eigenvalue weighted by Gasteiger charge is -2.45. The number of furan rings is 2. The summed E-state index contributed by atoms with van der Waals surface area (Å²) >= 11 is 0. The van der Waals surface area contributed by atoms with Gasteiger partial charge in [-0.25, -0.2) is 0 Å². The second-order valence-electron chi connectivity index (χ2n) is 27.1. The Bertz CT molecular complexity index is 3790. The molecule has 2 aliphatic heterocycles. The monoisotopic (exact) mass is 959 g/mol. The van der Waals surface area contributed by atoms with E-state index in [0.717, 1.165) is 81.4 Å². The average Bonchev–Trinajstić information content (AvgIpc) is 3.93.